The molecular formula is C15H13F2N3O3. The van der Waals surface area contributed by atoms with Gasteiger partial charge in [0, 0.05) is 23.3 Å². The van der Waals surface area contributed by atoms with Crippen LogP contribution in [0.4, 0.5) is 20.2 Å². The fraction of sp³-hybridized carbons (Fsp3) is 0.133. The topological polar surface area (TPSA) is 98.3 Å². The Morgan fingerprint density at radius 2 is 1.96 bits per heavy atom. The monoisotopic (exact) mass is 321 g/mol. The molecule has 120 valence electrons. The molecule has 0 heterocycles. The zero-order valence-electron chi connectivity index (χ0n) is 12.0. The first-order valence-electron chi connectivity index (χ1n) is 6.59. The van der Waals surface area contributed by atoms with Crippen LogP contribution in [-0.2, 0) is 0 Å². The van der Waals surface area contributed by atoms with Gasteiger partial charge in [-0.25, -0.2) is 8.78 Å². The smallest absolute Gasteiger partial charge is 0.293 e. The summed E-state index contributed by atoms with van der Waals surface area (Å²) in [7, 11) is 0. The highest BCUT2D eigenvalue weighted by Gasteiger charge is 2.19. The van der Waals surface area contributed by atoms with E-state index in [0.29, 0.717) is 0 Å². The Hall–Kier alpha value is -3.03. The van der Waals surface area contributed by atoms with Crippen molar-refractivity contribution in [1.82, 2.24) is 0 Å². The Labute approximate surface area is 130 Å². The van der Waals surface area contributed by atoms with Crippen LogP contribution in [0.2, 0.25) is 0 Å². The Morgan fingerprint density at radius 1 is 1.26 bits per heavy atom. The average molecular weight is 321 g/mol. The number of hydrogen-bond donors (Lipinski definition) is 2. The summed E-state index contributed by atoms with van der Waals surface area (Å²) in [6.45, 7) is 1.57. The minimum atomic E-state index is -0.794. The van der Waals surface area contributed by atoms with Gasteiger partial charge in [0.15, 0.2) is 0 Å². The number of benzene rings is 2. The molecule has 0 aliphatic rings. The lowest BCUT2D eigenvalue weighted by Gasteiger charge is -2.16. The molecule has 0 fully saturated rings. The van der Waals surface area contributed by atoms with Crippen LogP contribution < -0.4 is 11.1 Å². The maximum absolute atomic E-state index is 13.8. The van der Waals surface area contributed by atoms with Gasteiger partial charge in [-0.2, -0.15) is 0 Å². The van der Waals surface area contributed by atoms with Crippen molar-refractivity contribution < 1.29 is 18.5 Å². The van der Waals surface area contributed by atoms with Gasteiger partial charge in [-0.1, -0.05) is 6.07 Å². The second-order valence-electron chi connectivity index (χ2n) is 4.89. The lowest BCUT2D eigenvalue weighted by molar-refractivity contribution is -0.384. The number of anilines is 1. The summed E-state index contributed by atoms with van der Waals surface area (Å²) in [4.78, 5) is 21.5. The van der Waals surface area contributed by atoms with Crippen LogP contribution in [0, 0.1) is 21.7 Å². The number of halogens is 2. The number of carbonyl (C=O) groups is 1. The molecule has 0 unspecified atom stereocenters. The predicted octanol–water partition coefficient (Wildman–Crippen LogP) is 3.15. The lowest BCUT2D eigenvalue weighted by atomic mass is 10.1. The molecule has 2 rings (SSSR count). The third kappa shape index (κ3) is 3.60. The number of nitrogens with two attached hydrogens (primary N) is 1. The molecule has 1 amide bonds. The first kappa shape index (κ1) is 16.3. The summed E-state index contributed by atoms with van der Waals surface area (Å²) in [5.74, 6) is -2.27. The van der Waals surface area contributed by atoms with E-state index in [9.17, 15) is 23.7 Å². The molecule has 0 aliphatic heterocycles. The van der Waals surface area contributed by atoms with Crippen molar-refractivity contribution in [3.8, 4) is 0 Å². The highest BCUT2D eigenvalue weighted by molar-refractivity contribution is 5.94. The third-order valence-electron chi connectivity index (χ3n) is 3.28. The van der Waals surface area contributed by atoms with E-state index in [1.54, 1.807) is 6.92 Å². The number of primary amides is 1. The maximum atomic E-state index is 13.8. The number of nitrogens with zero attached hydrogens (tertiary/aromatic N) is 1. The van der Waals surface area contributed by atoms with Crippen molar-refractivity contribution >= 4 is 17.3 Å². The van der Waals surface area contributed by atoms with Crippen LogP contribution in [0.5, 0.6) is 0 Å². The lowest BCUT2D eigenvalue weighted by Crippen LogP contribution is -2.13. The van der Waals surface area contributed by atoms with Gasteiger partial charge >= 0.3 is 0 Å². The summed E-state index contributed by atoms with van der Waals surface area (Å²) in [6, 6.07) is 6.11. The normalized spacial score (nSPS) is 11.8. The van der Waals surface area contributed by atoms with Gasteiger partial charge in [-0.3, -0.25) is 14.9 Å². The molecule has 2 aromatic carbocycles. The number of nitro groups is 1. The minimum absolute atomic E-state index is 0.0112. The van der Waals surface area contributed by atoms with Gasteiger partial charge in [-0.05, 0) is 25.1 Å². The molecule has 0 aromatic heterocycles. The summed E-state index contributed by atoms with van der Waals surface area (Å²) in [5, 5.41) is 13.9. The van der Waals surface area contributed by atoms with Crippen molar-refractivity contribution in [3.05, 3.63) is 69.3 Å². The van der Waals surface area contributed by atoms with E-state index in [1.165, 1.54) is 18.2 Å². The maximum Gasteiger partial charge on any atom is 0.293 e. The number of nitro benzene ring substituents is 1. The molecule has 0 radical (unpaired) electrons. The number of nitrogens with one attached hydrogen (secondary N) is 1. The number of carbonyl (C=O) groups excluding carboxylic acids is 1. The van der Waals surface area contributed by atoms with E-state index >= 15 is 0 Å². The van der Waals surface area contributed by atoms with Crippen LogP contribution in [0.3, 0.4) is 0 Å². The third-order valence-corrected chi connectivity index (χ3v) is 3.28. The van der Waals surface area contributed by atoms with Gasteiger partial charge in [0.1, 0.15) is 17.3 Å². The van der Waals surface area contributed by atoms with Crippen molar-refractivity contribution in [2.45, 2.75) is 13.0 Å². The highest BCUT2D eigenvalue weighted by Crippen LogP contribution is 2.30. The number of amides is 1. The molecule has 2 aromatic rings. The van der Waals surface area contributed by atoms with Gasteiger partial charge in [0.05, 0.1) is 11.0 Å². The van der Waals surface area contributed by atoms with E-state index in [4.69, 9.17) is 5.73 Å². The molecule has 6 nitrogen and oxygen atoms in total. The van der Waals surface area contributed by atoms with Crippen LogP contribution >= 0.6 is 0 Å². The molecule has 1 atom stereocenters. The number of rotatable bonds is 5. The van der Waals surface area contributed by atoms with Gasteiger partial charge in [-0.15, -0.1) is 0 Å². The quantitative estimate of drug-likeness (QED) is 0.653. The van der Waals surface area contributed by atoms with Gasteiger partial charge in [0.25, 0.3) is 5.69 Å². The van der Waals surface area contributed by atoms with E-state index in [2.05, 4.69) is 5.32 Å². The van der Waals surface area contributed by atoms with E-state index in [-0.39, 0.29) is 22.5 Å². The molecule has 3 N–H and O–H groups in total. The van der Waals surface area contributed by atoms with Crippen molar-refractivity contribution in [1.29, 1.82) is 0 Å². The zero-order valence-corrected chi connectivity index (χ0v) is 12.0. The summed E-state index contributed by atoms with van der Waals surface area (Å²) < 4.78 is 26.7. The minimum Gasteiger partial charge on any atom is -0.373 e. The van der Waals surface area contributed by atoms with E-state index < -0.39 is 28.5 Å². The van der Waals surface area contributed by atoms with Crippen LogP contribution in [0.25, 0.3) is 0 Å². The van der Waals surface area contributed by atoms with Crippen molar-refractivity contribution in [2.24, 2.45) is 5.73 Å². The Bertz CT molecular complexity index is 781. The largest absolute Gasteiger partial charge is 0.373 e. The Balaban J connectivity index is 2.35. The molecular weight excluding hydrogens is 308 g/mol. The summed E-state index contributed by atoms with van der Waals surface area (Å²) >= 11 is 0. The summed E-state index contributed by atoms with van der Waals surface area (Å²) in [6.07, 6.45) is 0. The average Bonchev–Trinajstić information content (AvgIpc) is 2.46. The van der Waals surface area contributed by atoms with Crippen molar-refractivity contribution in [2.75, 3.05) is 5.32 Å². The number of hydrogen-bond acceptors (Lipinski definition) is 4. The molecule has 0 saturated heterocycles. The second kappa shape index (κ2) is 6.39. The van der Waals surface area contributed by atoms with Gasteiger partial charge in [0.2, 0.25) is 5.91 Å². The van der Waals surface area contributed by atoms with E-state index in [0.717, 1.165) is 18.2 Å². The van der Waals surface area contributed by atoms with Crippen LogP contribution in [-0.4, -0.2) is 10.8 Å². The first-order valence-corrected chi connectivity index (χ1v) is 6.59. The van der Waals surface area contributed by atoms with E-state index in [1.807, 2.05) is 0 Å². The highest BCUT2D eigenvalue weighted by atomic mass is 19.1. The fourth-order valence-corrected chi connectivity index (χ4v) is 2.12. The van der Waals surface area contributed by atoms with Crippen LogP contribution in [0.1, 0.15) is 28.9 Å². The SMILES string of the molecule is C[C@H](Nc1ccc(C(N)=O)cc1[N+](=O)[O-])c1ccc(F)cc1F. The zero-order chi connectivity index (χ0) is 17.1. The standard InChI is InChI=1S/C15H13F2N3O3/c1-8(11-4-3-10(16)7-12(11)17)19-13-5-2-9(15(18)21)6-14(13)20(22)23/h2-8,19H,1H3,(H2,18,21)/t8-/m0/s1. The fourth-order valence-electron chi connectivity index (χ4n) is 2.12. The molecule has 0 spiro atoms. The van der Waals surface area contributed by atoms with Gasteiger partial charge < -0.3 is 11.1 Å². The molecule has 0 aliphatic carbocycles. The summed E-state index contributed by atoms with van der Waals surface area (Å²) in [5.41, 5.74) is 4.96. The predicted molar refractivity (Wildman–Crippen MR) is 80.0 cm³/mol. The Kier molecular flexibility index (Phi) is 4.54. The first-order chi connectivity index (χ1) is 10.8. The molecule has 8 heteroatoms. The Morgan fingerprint density at radius 3 is 2.52 bits per heavy atom. The second-order valence-corrected chi connectivity index (χ2v) is 4.89. The van der Waals surface area contributed by atoms with Crippen molar-refractivity contribution in [3.63, 3.8) is 0 Å². The molecule has 0 bridgehead atoms. The van der Waals surface area contributed by atoms with Crippen LogP contribution in [0.15, 0.2) is 36.4 Å². The molecule has 23 heavy (non-hydrogen) atoms. The molecule has 0 saturated carbocycles.